The van der Waals surface area contributed by atoms with Crippen LogP contribution in [0.5, 0.6) is 0 Å². The van der Waals surface area contributed by atoms with Crippen molar-refractivity contribution in [1.82, 2.24) is 5.32 Å². The van der Waals surface area contributed by atoms with Crippen molar-refractivity contribution < 1.29 is 24.2 Å². The molecule has 28 heavy (non-hydrogen) atoms. The molecule has 2 aromatic rings. The highest BCUT2D eigenvalue weighted by Gasteiger charge is 2.29. The van der Waals surface area contributed by atoms with E-state index in [1.165, 1.54) is 0 Å². The second-order valence-corrected chi connectivity index (χ2v) is 6.84. The van der Waals surface area contributed by atoms with E-state index in [0.717, 1.165) is 28.7 Å². The number of carboxylic acids is 1. The lowest BCUT2D eigenvalue weighted by atomic mass is 9.98. The number of hydrogen-bond acceptors (Lipinski definition) is 4. The number of fused-ring (bicyclic) bond motifs is 3. The van der Waals surface area contributed by atoms with Crippen LogP contribution < -0.4 is 5.32 Å². The van der Waals surface area contributed by atoms with Gasteiger partial charge in [0.15, 0.2) is 0 Å². The van der Waals surface area contributed by atoms with E-state index in [9.17, 15) is 9.59 Å². The number of carbonyl (C=O) groups is 2. The van der Waals surface area contributed by atoms with E-state index in [1.807, 2.05) is 43.3 Å². The molecule has 6 nitrogen and oxygen atoms in total. The Labute approximate surface area is 164 Å². The van der Waals surface area contributed by atoms with Crippen LogP contribution >= 0.6 is 0 Å². The highest BCUT2D eigenvalue weighted by Crippen LogP contribution is 2.44. The zero-order valence-electron chi connectivity index (χ0n) is 15.9. The van der Waals surface area contributed by atoms with Gasteiger partial charge in [0.05, 0.1) is 19.1 Å². The normalized spacial score (nSPS) is 13.5. The summed E-state index contributed by atoms with van der Waals surface area (Å²) in [6, 6.07) is 15.6. The predicted molar refractivity (Wildman–Crippen MR) is 105 cm³/mol. The average molecular weight is 383 g/mol. The zero-order valence-corrected chi connectivity index (χ0v) is 15.9. The molecule has 1 amide bonds. The van der Waals surface area contributed by atoms with Gasteiger partial charge < -0.3 is 19.9 Å². The van der Waals surface area contributed by atoms with E-state index in [-0.39, 0.29) is 25.6 Å². The molecule has 6 heteroatoms. The summed E-state index contributed by atoms with van der Waals surface area (Å²) in [6.07, 6.45) is -0.0215. The summed E-state index contributed by atoms with van der Waals surface area (Å²) in [5.74, 6) is -1.03. The topological polar surface area (TPSA) is 84.9 Å². The highest BCUT2D eigenvalue weighted by molar-refractivity contribution is 5.79. The second kappa shape index (κ2) is 9.37. The monoisotopic (exact) mass is 383 g/mol. The maximum Gasteiger partial charge on any atom is 0.407 e. The maximum atomic E-state index is 12.3. The second-order valence-electron chi connectivity index (χ2n) is 6.84. The van der Waals surface area contributed by atoms with Crippen molar-refractivity contribution in [2.24, 2.45) is 0 Å². The fourth-order valence-corrected chi connectivity index (χ4v) is 3.54. The number of benzene rings is 2. The Balaban J connectivity index is 1.63. The number of aliphatic carboxylic acids is 1. The van der Waals surface area contributed by atoms with Crippen molar-refractivity contribution in [2.75, 3.05) is 19.8 Å². The number of carbonyl (C=O) groups excluding carboxylic acids is 1. The van der Waals surface area contributed by atoms with Gasteiger partial charge in [-0.15, -0.1) is 0 Å². The van der Waals surface area contributed by atoms with Crippen LogP contribution in [0.25, 0.3) is 11.1 Å². The van der Waals surface area contributed by atoms with Crippen molar-refractivity contribution in [3.63, 3.8) is 0 Å². The minimum atomic E-state index is -0.996. The van der Waals surface area contributed by atoms with E-state index < -0.39 is 18.1 Å². The molecular weight excluding hydrogens is 358 g/mol. The summed E-state index contributed by atoms with van der Waals surface area (Å²) in [4.78, 5) is 23.3. The molecule has 1 aliphatic rings. The number of ether oxygens (including phenoxy) is 2. The van der Waals surface area contributed by atoms with Gasteiger partial charge in [-0.3, -0.25) is 4.79 Å². The summed E-state index contributed by atoms with van der Waals surface area (Å²) >= 11 is 0. The summed E-state index contributed by atoms with van der Waals surface area (Å²) in [7, 11) is 0. The van der Waals surface area contributed by atoms with Gasteiger partial charge in [-0.2, -0.15) is 0 Å². The first-order valence-electron chi connectivity index (χ1n) is 9.51. The van der Waals surface area contributed by atoms with Crippen LogP contribution in [0, 0.1) is 0 Å². The van der Waals surface area contributed by atoms with Gasteiger partial charge >= 0.3 is 12.1 Å². The predicted octanol–water partition coefficient (Wildman–Crippen LogP) is 3.80. The molecule has 0 bridgehead atoms. The van der Waals surface area contributed by atoms with Crippen molar-refractivity contribution in [2.45, 2.75) is 31.7 Å². The lowest BCUT2D eigenvalue weighted by molar-refractivity contribution is -0.137. The molecule has 1 atom stereocenters. The molecule has 3 rings (SSSR count). The number of carboxylic acid groups (broad SMARTS) is 1. The van der Waals surface area contributed by atoms with Crippen molar-refractivity contribution in [1.29, 1.82) is 0 Å². The third kappa shape index (κ3) is 4.70. The third-order valence-electron chi connectivity index (χ3n) is 4.75. The Kier molecular flexibility index (Phi) is 6.66. The van der Waals surface area contributed by atoms with Gasteiger partial charge in [0.25, 0.3) is 0 Å². The molecule has 2 aromatic carbocycles. The fourth-order valence-electron chi connectivity index (χ4n) is 3.54. The Morgan fingerprint density at radius 1 is 1.07 bits per heavy atom. The summed E-state index contributed by atoms with van der Waals surface area (Å²) in [5, 5.41) is 11.6. The Hall–Kier alpha value is -2.86. The van der Waals surface area contributed by atoms with E-state index >= 15 is 0 Å². The molecule has 0 saturated carbocycles. The average Bonchev–Trinajstić information content (AvgIpc) is 3.00. The smallest absolute Gasteiger partial charge is 0.407 e. The number of nitrogens with one attached hydrogen (secondary N) is 1. The Morgan fingerprint density at radius 3 is 2.25 bits per heavy atom. The van der Waals surface area contributed by atoms with E-state index in [4.69, 9.17) is 14.6 Å². The van der Waals surface area contributed by atoms with Crippen molar-refractivity contribution in [3.05, 3.63) is 59.7 Å². The first kappa shape index (κ1) is 19.9. The highest BCUT2D eigenvalue weighted by atomic mass is 16.5. The fraction of sp³-hybridized carbons (Fsp3) is 0.364. The summed E-state index contributed by atoms with van der Waals surface area (Å²) in [5.41, 5.74) is 4.57. The lowest BCUT2D eigenvalue weighted by Gasteiger charge is -2.19. The molecule has 0 heterocycles. The SMILES string of the molecule is CCCOC[C@H](CC(=O)O)NC(=O)OCC1c2ccccc2-c2ccccc21. The van der Waals surface area contributed by atoms with Crippen LogP contribution in [-0.4, -0.2) is 43.0 Å². The van der Waals surface area contributed by atoms with Gasteiger partial charge in [-0.25, -0.2) is 4.79 Å². The minimum absolute atomic E-state index is 0.0348. The maximum absolute atomic E-state index is 12.3. The number of rotatable bonds is 9. The first-order valence-corrected chi connectivity index (χ1v) is 9.51. The molecule has 0 spiro atoms. The quantitative estimate of drug-likeness (QED) is 0.644. The largest absolute Gasteiger partial charge is 0.481 e. The van der Waals surface area contributed by atoms with Crippen LogP contribution in [0.1, 0.15) is 36.8 Å². The number of amides is 1. The number of alkyl carbamates (subject to hydrolysis) is 1. The van der Waals surface area contributed by atoms with Crippen LogP contribution in [-0.2, 0) is 14.3 Å². The Morgan fingerprint density at radius 2 is 1.68 bits per heavy atom. The third-order valence-corrected chi connectivity index (χ3v) is 4.75. The van der Waals surface area contributed by atoms with E-state index in [1.54, 1.807) is 0 Å². The van der Waals surface area contributed by atoms with Gasteiger partial charge in [0.2, 0.25) is 0 Å². The molecular formula is C22H25NO5. The molecule has 0 aliphatic heterocycles. The minimum Gasteiger partial charge on any atom is -0.481 e. The molecule has 0 saturated heterocycles. The van der Waals surface area contributed by atoms with Crippen LogP contribution in [0.15, 0.2) is 48.5 Å². The zero-order chi connectivity index (χ0) is 19.9. The molecule has 2 N–H and O–H groups in total. The van der Waals surface area contributed by atoms with Gasteiger partial charge in [-0.05, 0) is 28.7 Å². The van der Waals surface area contributed by atoms with Gasteiger partial charge in [-0.1, -0.05) is 55.5 Å². The molecule has 0 aromatic heterocycles. The first-order chi connectivity index (χ1) is 13.6. The van der Waals surface area contributed by atoms with Crippen LogP contribution in [0.4, 0.5) is 4.79 Å². The molecule has 148 valence electrons. The summed E-state index contributed by atoms with van der Waals surface area (Å²) < 4.78 is 10.8. The van der Waals surface area contributed by atoms with Crippen LogP contribution in [0.2, 0.25) is 0 Å². The molecule has 0 fully saturated rings. The molecule has 0 radical (unpaired) electrons. The molecule has 1 aliphatic carbocycles. The van der Waals surface area contributed by atoms with Gasteiger partial charge in [0, 0.05) is 12.5 Å². The van der Waals surface area contributed by atoms with E-state index in [0.29, 0.717) is 6.61 Å². The Bertz CT molecular complexity index is 790. The van der Waals surface area contributed by atoms with Gasteiger partial charge in [0.1, 0.15) is 6.61 Å². The van der Waals surface area contributed by atoms with Crippen LogP contribution in [0.3, 0.4) is 0 Å². The van der Waals surface area contributed by atoms with E-state index in [2.05, 4.69) is 17.4 Å². The lowest BCUT2D eigenvalue weighted by Crippen LogP contribution is -2.40. The standard InChI is InChI=1S/C22H25NO5/c1-2-11-27-13-15(12-21(24)25)23-22(26)28-14-20-18-9-5-3-7-16(18)17-8-4-6-10-19(17)20/h3-10,15,20H,2,11-14H2,1H3,(H,23,26)(H,24,25)/t15-/m0/s1. The van der Waals surface area contributed by atoms with Crippen molar-refractivity contribution in [3.8, 4) is 11.1 Å². The van der Waals surface area contributed by atoms with Crippen molar-refractivity contribution >= 4 is 12.1 Å². The summed E-state index contributed by atoms with van der Waals surface area (Å²) in [6.45, 7) is 2.81. The number of hydrogen-bond donors (Lipinski definition) is 2. The molecule has 0 unspecified atom stereocenters.